The van der Waals surface area contributed by atoms with Crippen molar-refractivity contribution in [1.29, 1.82) is 0 Å². The Labute approximate surface area is 259 Å². The van der Waals surface area contributed by atoms with Crippen molar-refractivity contribution in [3.05, 3.63) is 150 Å². The molecule has 0 amide bonds. The van der Waals surface area contributed by atoms with Crippen LogP contribution in [-0.2, 0) is 18.3 Å². The summed E-state index contributed by atoms with van der Waals surface area (Å²) in [6.07, 6.45) is 4.92. The zero-order valence-electron chi connectivity index (χ0n) is 25.4. The Morgan fingerprint density at radius 3 is 1.95 bits per heavy atom. The zero-order chi connectivity index (χ0) is 29.4. The summed E-state index contributed by atoms with van der Waals surface area (Å²) in [6, 6.07) is 48.2. The number of nitrogens with zero attached hydrogens (tertiary/aromatic N) is 1. The number of rotatable bonds is 3. The zero-order valence-corrected chi connectivity index (χ0v) is 25.4. The van der Waals surface area contributed by atoms with Crippen molar-refractivity contribution in [2.45, 2.75) is 44.9 Å². The second-order valence-electron chi connectivity index (χ2n) is 13.2. The number of benzene rings is 7. The molecule has 7 aromatic carbocycles. The number of hydrogen-bond acceptors (Lipinski definition) is 1. The molecular formula is C43H35N. The maximum absolute atomic E-state index is 2.49. The Hall–Kier alpha value is -4.88. The Morgan fingerprint density at radius 2 is 1.07 bits per heavy atom. The van der Waals surface area contributed by atoms with Gasteiger partial charge in [0.15, 0.2) is 0 Å². The van der Waals surface area contributed by atoms with E-state index >= 15 is 0 Å². The molecule has 0 heterocycles. The molecule has 0 fully saturated rings. The van der Waals surface area contributed by atoms with Crippen molar-refractivity contribution >= 4 is 49.4 Å². The molecule has 0 atom stereocenters. The molecule has 2 aliphatic carbocycles. The van der Waals surface area contributed by atoms with Gasteiger partial charge in [-0.25, -0.2) is 0 Å². The van der Waals surface area contributed by atoms with Crippen LogP contribution in [0.15, 0.2) is 127 Å². The van der Waals surface area contributed by atoms with Crippen molar-refractivity contribution in [1.82, 2.24) is 0 Å². The van der Waals surface area contributed by atoms with Crippen molar-refractivity contribution in [3.8, 4) is 11.1 Å². The first-order chi connectivity index (χ1) is 21.6. The molecule has 0 unspecified atom stereocenters. The van der Waals surface area contributed by atoms with E-state index in [0.717, 1.165) is 6.42 Å². The summed E-state index contributed by atoms with van der Waals surface area (Å²) in [5.41, 5.74) is 12.2. The van der Waals surface area contributed by atoms with E-state index in [-0.39, 0.29) is 5.41 Å². The third-order valence-corrected chi connectivity index (χ3v) is 10.4. The number of anilines is 3. The summed E-state index contributed by atoms with van der Waals surface area (Å²) in [4.78, 5) is 2.49. The topological polar surface area (TPSA) is 3.24 Å². The molecule has 0 saturated carbocycles. The van der Waals surface area contributed by atoms with Crippen molar-refractivity contribution < 1.29 is 0 Å². The molecule has 0 saturated heterocycles. The lowest BCUT2D eigenvalue weighted by atomic mass is 9.82. The van der Waals surface area contributed by atoms with E-state index in [9.17, 15) is 0 Å². The first kappa shape index (κ1) is 25.6. The van der Waals surface area contributed by atoms with Gasteiger partial charge in [-0.1, -0.05) is 105 Å². The third-order valence-electron chi connectivity index (χ3n) is 10.4. The van der Waals surface area contributed by atoms with E-state index in [2.05, 4.69) is 146 Å². The van der Waals surface area contributed by atoms with Gasteiger partial charge >= 0.3 is 0 Å². The van der Waals surface area contributed by atoms with Crippen LogP contribution in [0.2, 0.25) is 0 Å². The number of fused-ring (bicyclic) bond motifs is 9. The van der Waals surface area contributed by atoms with Gasteiger partial charge in [0, 0.05) is 22.5 Å². The lowest BCUT2D eigenvalue weighted by Crippen LogP contribution is -2.15. The van der Waals surface area contributed by atoms with E-state index < -0.39 is 0 Å². The van der Waals surface area contributed by atoms with Gasteiger partial charge in [0.05, 0.1) is 0 Å². The Bertz CT molecular complexity index is 2270. The van der Waals surface area contributed by atoms with Crippen LogP contribution >= 0.6 is 0 Å². The maximum atomic E-state index is 2.49. The molecule has 0 radical (unpaired) electrons. The summed E-state index contributed by atoms with van der Waals surface area (Å²) in [6.45, 7) is 4.72. The molecule has 44 heavy (non-hydrogen) atoms. The molecule has 1 heteroatoms. The largest absolute Gasteiger partial charge is 0.310 e. The molecule has 1 nitrogen and oxygen atoms in total. The first-order valence-electron chi connectivity index (χ1n) is 16.1. The van der Waals surface area contributed by atoms with Gasteiger partial charge in [0.2, 0.25) is 0 Å². The van der Waals surface area contributed by atoms with Crippen LogP contribution in [0.3, 0.4) is 0 Å². The fourth-order valence-corrected chi connectivity index (χ4v) is 8.10. The van der Waals surface area contributed by atoms with Gasteiger partial charge in [0.25, 0.3) is 0 Å². The summed E-state index contributed by atoms with van der Waals surface area (Å²) >= 11 is 0. The van der Waals surface area contributed by atoms with Crippen LogP contribution in [0.25, 0.3) is 43.4 Å². The van der Waals surface area contributed by atoms with Gasteiger partial charge in [0.1, 0.15) is 0 Å². The van der Waals surface area contributed by atoms with Gasteiger partial charge in [-0.15, -0.1) is 0 Å². The minimum atomic E-state index is -0.00819. The van der Waals surface area contributed by atoms with Gasteiger partial charge in [-0.05, 0) is 128 Å². The summed E-state index contributed by atoms with van der Waals surface area (Å²) < 4.78 is 0. The predicted molar refractivity (Wildman–Crippen MR) is 188 cm³/mol. The van der Waals surface area contributed by atoms with Crippen LogP contribution in [0.4, 0.5) is 17.1 Å². The maximum Gasteiger partial charge on any atom is 0.0468 e. The van der Waals surface area contributed by atoms with Crippen LogP contribution in [0.1, 0.15) is 48.9 Å². The minimum Gasteiger partial charge on any atom is -0.310 e. The Balaban J connectivity index is 1.28. The molecule has 2 aliphatic rings. The summed E-state index contributed by atoms with van der Waals surface area (Å²) in [7, 11) is 0. The minimum absolute atomic E-state index is 0.00819. The monoisotopic (exact) mass is 565 g/mol. The second-order valence-corrected chi connectivity index (χ2v) is 13.2. The Morgan fingerprint density at radius 1 is 0.455 bits per heavy atom. The average Bonchev–Trinajstić information content (AvgIpc) is 3.30. The molecular weight excluding hydrogens is 530 g/mol. The van der Waals surface area contributed by atoms with Gasteiger partial charge in [-0.2, -0.15) is 0 Å². The number of hydrogen-bond donors (Lipinski definition) is 0. The molecule has 0 aliphatic heterocycles. The fraction of sp³-hybridized carbons (Fsp3) is 0.163. The normalized spacial score (nSPS) is 14.9. The third kappa shape index (κ3) is 3.78. The van der Waals surface area contributed by atoms with E-state index in [1.54, 1.807) is 0 Å². The van der Waals surface area contributed by atoms with Crippen LogP contribution in [0.5, 0.6) is 0 Å². The molecule has 0 N–H and O–H groups in total. The summed E-state index contributed by atoms with van der Waals surface area (Å²) in [5.74, 6) is 0. The lowest BCUT2D eigenvalue weighted by molar-refractivity contribution is 0.660. The van der Waals surface area contributed by atoms with E-state index in [0.29, 0.717) is 0 Å². The van der Waals surface area contributed by atoms with Crippen molar-refractivity contribution in [2.75, 3.05) is 4.90 Å². The van der Waals surface area contributed by atoms with Gasteiger partial charge < -0.3 is 4.90 Å². The molecule has 212 valence electrons. The average molecular weight is 566 g/mol. The summed E-state index contributed by atoms with van der Waals surface area (Å²) in [5, 5.41) is 7.77. The van der Waals surface area contributed by atoms with E-state index in [1.165, 1.54) is 102 Å². The smallest absolute Gasteiger partial charge is 0.0468 e. The lowest BCUT2D eigenvalue weighted by Gasteiger charge is -2.29. The predicted octanol–water partition coefficient (Wildman–Crippen LogP) is 11.8. The highest BCUT2D eigenvalue weighted by Gasteiger charge is 2.35. The van der Waals surface area contributed by atoms with E-state index in [4.69, 9.17) is 0 Å². The Kier molecular flexibility index (Phi) is 5.56. The SMILES string of the molecule is CC1(C)c2ccccc2-c2cc(N(c3ccc4c(c3)CCCC4)c3ccc4ccc5c6ccccc6ccc5c4c3)ccc21. The highest BCUT2D eigenvalue weighted by Crippen LogP contribution is 2.51. The molecule has 0 aromatic heterocycles. The number of aryl methyl sites for hydroxylation is 2. The highest BCUT2D eigenvalue weighted by molar-refractivity contribution is 6.17. The molecule has 0 spiro atoms. The van der Waals surface area contributed by atoms with Crippen molar-refractivity contribution in [2.24, 2.45) is 0 Å². The highest BCUT2D eigenvalue weighted by atomic mass is 15.1. The van der Waals surface area contributed by atoms with Crippen LogP contribution in [0, 0.1) is 0 Å². The van der Waals surface area contributed by atoms with Crippen LogP contribution < -0.4 is 4.90 Å². The quantitative estimate of drug-likeness (QED) is 0.193. The van der Waals surface area contributed by atoms with Crippen molar-refractivity contribution in [3.63, 3.8) is 0 Å². The van der Waals surface area contributed by atoms with Gasteiger partial charge in [-0.3, -0.25) is 0 Å². The van der Waals surface area contributed by atoms with Crippen LogP contribution in [-0.4, -0.2) is 0 Å². The standard InChI is InChI=1S/C43H35N/c1-43(2)41-14-8-7-13-38(41)40-27-34(21-24-42(40)43)44(32-19-15-28-9-3-4-11-31(28)25-32)33-20-16-30-18-22-36-35-12-6-5-10-29(35)17-23-37(36)39(30)26-33/h5-8,10,12-27H,3-4,9,11H2,1-2H3. The van der Waals surface area contributed by atoms with E-state index in [1.807, 2.05) is 0 Å². The first-order valence-corrected chi connectivity index (χ1v) is 16.1. The molecule has 9 rings (SSSR count). The molecule has 7 aromatic rings. The fourth-order valence-electron chi connectivity index (χ4n) is 8.10. The second kappa shape index (κ2) is 9.56. The molecule has 0 bridgehead atoms.